The topological polar surface area (TPSA) is 36.3 Å². The van der Waals surface area contributed by atoms with Crippen molar-refractivity contribution in [3.8, 4) is 11.3 Å². The molecule has 1 aliphatic carbocycles. The Bertz CT molecular complexity index is 744. The molecule has 1 aromatic carbocycles. The number of aromatic nitrogens is 2. The van der Waals surface area contributed by atoms with Crippen LogP contribution in [0.1, 0.15) is 52.3 Å². The lowest BCUT2D eigenvalue weighted by atomic mass is 9.79. The lowest BCUT2D eigenvalue weighted by Crippen LogP contribution is -2.41. The van der Waals surface area contributed by atoms with Crippen molar-refractivity contribution in [2.45, 2.75) is 57.7 Å². The van der Waals surface area contributed by atoms with Crippen LogP contribution in [0.3, 0.4) is 0 Å². The second-order valence-electron chi connectivity index (χ2n) is 8.08. The summed E-state index contributed by atoms with van der Waals surface area (Å²) in [6.07, 6.45) is 4.66. The van der Waals surface area contributed by atoms with Gasteiger partial charge in [0.1, 0.15) is 5.82 Å². The van der Waals surface area contributed by atoms with Gasteiger partial charge in [-0.3, -0.25) is 0 Å². The van der Waals surface area contributed by atoms with Crippen LogP contribution in [0, 0.1) is 0 Å². The predicted octanol–water partition coefficient (Wildman–Crippen LogP) is 3.26. The minimum Gasteiger partial charge on any atom is -0.399 e. The molecule has 0 radical (unpaired) electrons. The molecule has 2 aliphatic rings. The minimum absolute atomic E-state index is 0.309. The molecule has 0 unspecified atom stereocenters. The number of benzene rings is 1. The Kier molecular flexibility index (Phi) is 3.45. The van der Waals surface area contributed by atoms with Crippen LogP contribution < -0.4 is 5.46 Å². The summed E-state index contributed by atoms with van der Waals surface area (Å²) >= 11 is 0. The third kappa shape index (κ3) is 2.60. The highest BCUT2D eigenvalue weighted by Crippen LogP contribution is 2.40. The summed E-state index contributed by atoms with van der Waals surface area (Å²) in [6, 6.07) is 8.39. The molecule has 0 atom stereocenters. The maximum atomic E-state index is 6.12. The van der Waals surface area contributed by atoms with Crippen LogP contribution in [0.2, 0.25) is 0 Å². The van der Waals surface area contributed by atoms with Gasteiger partial charge in [-0.25, -0.2) is 4.98 Å². The Morgan fingerprint density at radius 2 is 1.62 bits per heavy atom. The zero-order chi connectivity index (χ0) is 17.1. The van der Waals surface area contributed by atoms with Crippen LogP contribution in [-0.4, -0.2) is 27.9 Å². The average molecular weight is 324 g/mol. The van der Waals surface area contributed by atoms with Crippen LogP contribution in [0.5, 0.6) is 0 Å². The molecule has 0 spiro atoms. The first-order valence-electron chi connectivity index (χ1n) is 8.76. The highest BCUT2D eigenvalue weighted by atomic mass is 16.7. The molecular formula is C19H25BN2O2. The summed E-state index contributed by atoms with van der Waals surface area (Å²) in [5, 5.41) is 0. The van der Waals surface area contributed by atoms with Crippen LogP contribution in [-0.2, 0) is 16.4 Å². The SMILES string of the molecule is Cn1cc(-c2ccc(B3OC(C)(C)C(C)(C)O3)cc2)nc1C1CC1. The van der Waals surface area contributed by atoms with Crippen molar-refractivity contribution < 1.29 is 9.31 Å². The highest BCUT2D eigenvalue weighted by molar-refractivity contribution is 6.62. The van der Waals surface area contributed by atoms with Gasteiger partial charge in [-0.2, -0.15) is 0 Å². The highest BCUT2D eigenvalue weighted by Gasteiger charge is 2.51. The van der Waals surface area contributed by atoms with Crippen LogP contribution in [0.4, 0.5) is 0 Å². The van der Waals surface area contributed by atoms with E-state index in [0.717, 1.165) is 16.7 Å². The van der Waals surface area contributed by atoms with E-state index in [-0.39, 0.29) is 18.3 Å². The third-order valence-electron chi connectivity index (χ3n) is 5.59. The summed E-state index contributed by atoms with van der Waals surface area (Å²) in [5.74, 6) is 1.87. The molecule has 4 rings (SSSR count). The maximum Gasteiger partial charge on any atom is 0.494 e. The second-order valence-corrected chi connectivity index (χ2v) is 8.08. The van der Waals surface area contributed by atoms with Crippen LogP contribution in [0.15, 0.2) is 30.5 Å². The zero-order valence-electron chi connectivity index (χ0n) is 15.2. The largest absolute Gasteiger partial charge is 0.494 e. The van der Waals surface area contributed by atoms with Gasteiger partial charge >= 0.3 is 7.12 Å². The first-order valence-corrected chi connectivity index (χ1v) is 8.76. The Morgan fingerprint density at radius 3 is 2.17 bits per heavy atom. The van der Waals surface area contributed by atoms with Gasteiger partial charge < -0.3 is 13.9 Å². The summed E-state index contributed by atoms with van der Waals surface area (Å²) in [4.78, 5) is 4.82. The fourth-order valence-electron chi connectivity index (χ4n) is 3.13. The molecule has 1 aliphatic heterocycles. The van der Waals surface area contributed by atoms with E-state index in [1.165, 1.54) is 18.7 Å². The van der Waals surface area contributed by atoms with Gasteiger partial charge in [0.05, 0.1) is 16.9 Å². The molecule has 1 saturated carbocycles. The molecule has 2 heterocycles. The molecule has 2 fully saturated rings. The van der Waals surface area contributed by atoms with E-state index in [1.807, 2.05) is 0 Å². The van der Waals surface area contributed by atoms with Crippen LogP contribution in [0.25, 0.3) is 11.3 Å². The van der Waals surface area contributed by atoms with Gasteiger partial charge in [-0.05, 0) is 46.0 Å². The molecule has 4 nitrogen and oxygen atoms in total. The number of aryl methyl sites for hydroxylation is 1. The van der Waals surface area contributed by atoms with Crippen LogP contribution >= 0.6 is 0 Å². The number of nitrogens with zero attached hydrogens (tertiary/aromatic N) is 2. The summed E-state index contributed by atoms with van der Waals surface area (Å²) in [7, 11) is 1.78. The van der Waals surface area contributed by atoms with E-state index >= 15 is 0 Å². The standard InChI is InChI=1S/C19H25BN2O2/c1-18(2)19(3,4)24-20(23-18)15-10-8-13(9-11-15)16-12-22(5)17(21-16)14-6-7-14/h8-12,14H,6-7H2,1-5H3. The molecular weight excluding hydrogens is 299 g/mol. The van der Waals surface area contributed by atoms with E-state index in [0.29, 0.717) is 5.92 Å². The summed E-state index contributed by atoms with van der Waals surface area (Å²) < 4.78 is 14.4. The van der Waals surface area contributed by atoms with E-state index in [4.69, 9.17) is 14.3 Å². The van der Waals surface area contributed by atoms with Gasteiger partial charge in [-0.15, -0.1) is 0 Å². The average Bonchev–Trinajstić information content (AvgIpc) is 3.24. The summed E-state index contributed by atoms with van der Waals surface area (Å²) in [5.41, 5.74) is 2.61. The molecule has 1 saturated heterocycles. The molecule has 0 bridgehead atoms. The normalized spacial score (nSPS) is 22.1. The van der Waals surface area contributed by atoms with Crippen molar-refractivity contribution >= 4 is 12.6 Å². The predicted molar refractivity (Wildman–Crippen MR) is 96.3 cm³/mol. The van der Waals surface area contributed by atoms with Crippen molar-refractivity contribution in [2.24, 2.45) is 7.05 Å². The van der Waals surface area contributed by atoms with Gasteiger partial charge in [-0.1, -0.05) is 24.3 Å². The van der Waals surface area contributed by atoms with Crippen molar-refractivity contribution in [3.05, 3.63) is 36.3 Å². The zero-order valence-corrected chi connectivity index (χ0v) is 15.2. The molecule has 0 amide bonds. The maximum absolute atomic E-state index is 6.12. The molecule has 5 heteroatoms. The molecule has 1 aromatic heterocycles. The number of hydrogen-bond acceptors (Lipinski definition) is 3. The first kappa shape index (κ1) is 15.9. The molecule has 2 aromatic rings. The smallest absolute Gasteiger partial charge is 0.399 e. The number of rotatable bonds is 3. The fourth-order valence-corrected chi connectivity index (χ4v) is 3.13. The van der Waals surface area contributed by atoms with Crippen molar-refractivity contribution in [1.82, 2.24) is 9.55 Å². The van der Waals surface area contributed by atoms with Gasteiger partial charge in [0.15, 0.2) is 0 Å². The second kappa shape index (κ2) is 5.20. The van der Waals surface area contributed by atoms with Crippen molar-refractivity contribution in [1.29, 1.82) is 0 Å². The number of hydrogen-bond donors (Lipinski definition) is 0. The van der Waals surface area contributed by atoms with E-state index in [2.05, 4.69) is 69.8 Å². The van der Waals surface area contributed by atoms with E-state index in [9.17, 15) is 0 Å². The van der Waals surface area contributed by atoms with Crippen molar-refractivity contribution in [2.75, 3.05) is 0 Å². The quantitative estimate of drug-likeness (QED) is 0.813. The molecule has 0 N–H and O–H groups in total. The lowest BCUT2D eigenvalue weighted by molar-refractivity contribution is 0.00578. The summed E-state index contributed by atoms with van der Waals surface area (Å²) in [6.45, 7) is 8.31. The van der Waals surface area contributed by atoms with E-state index < -0.39 is 0 Å². The lowest BCUT2D eigenvalue weighted by Gasteiger charge is -2.32. The number of imidazole rings is 1. The van der Waals surface area contributed by atoms with Gasteiger partial charge in [0.2, 0.25) is 0 Å². The Hall–Kier alpha value is -1.59. The Labute approximate surface area is 144 Å². The Balaban J connectivity index is 1.56. The van der Waals surface area contributed by atoms with Crippen molar-refractivity contribution in [3.63, 3.8) is 0 Å². The monoisotopic (exact) mass is 324 g/mol. The minimum atomic E-state index is -0.310. The fraction of sp³-hybridized carbons (Fsp3) is 0.526. The van der Waals surface area contributed by atoms with E-state index in [1.54, 1.807) is 0 Å². The first-order chi connectivity index (χ1) is 11.3. The third-order valence-corrected chi connectivity index (χ3v) is 5.59. The van der Waals surface area contributed by atoms with Gasteiger partial charge in [0.25, 0.3) is 0 Å². The Morgan fingerprint density at radius 1 is 1.04 bits per heavy atom. The molecule has 126 valence electrons. The molecule has 24 heavy (non-hydrogen) atoms. The van der Waals surface area contributed by atoms with Gasteiger partial charge in [0, 0.05) is 24.7 Å².